The molecule has 0 heterocycles. The van der Waals surface area contributed by atoms with E-state index in [0.29, 0.717) is 5.75 Å². The summed E-state index contributed by atoms with van der Waals surface area (Å²) in [6.45, 7) is 0. The van der Waals surface area contributed by atoms with Gasteiger partial charge in [-0.2, -0.15) is 0 Å². The Morgan fingerprint density at radius 1 is 1.15 bits per heavy atom. The van der Waals surface area contributed by atoms with Crippen LogP contribution in [0.5, 0.6) is 5.75 Å². The highest BCUT2D eigenvalue weighted by atomic mass is 79.9. The van der Waals surface area contributed by atoms with Crippen molar-refractivity contribution >= 4 is 27.7 Å². The molecule has 0 amide bonds. The molecule has 0 unspecified atom stereocenters. The molecule has 0 aromatic heterocycles. The van der Waals surface area contributed by atoms with Crippen molar-refractivity contribution < 1.29 is 5.11 Å². The molecule has 1 nitrogen and oxygen atoms in total. The van der Waals surface area contributed by atoms with E-state index in [1.54, 1.807) is 12.1 Å². The average molecular weight is 261 g/mol. The number of phenols is 1. The molecule has 72 valence electrons. The zero-order valence-electron chi connectivity index (χ0n) is 7.37. The molecule has 1 aromatic rings. The molecule has 1 aromatic carbocycles. The van der Waals surface area contributed by atoms with Gasteiger partial charge in [-0.15, -0.1) is 11.8 Å². The number of aromatic hydroxyl groups is 1. The fraction of sp³-hybridized carbons (Fsp3) is 0.400. The molecule has 1 rings (SSSR count). The molecule has 13 heavy (non-hydrogen) atoms. The van der Waals surface area contributed by atoms with Crippen molar-refractivity contribution in [3.8, 4) is 5.75 Å². The molecule has 0 atom stereocenters. The average Bonchev–Trinajstić information content (AvgIpc) is 2.15. The molecular weight excluding hydrogens is 248 g/mol. The molecule has 0 saturated heterocycles. The van der Waals surface area contributed by atoms with Gasteiger partial charge >= 0.3 is 0 Å². The van der Waals surface area contributed by atoms with Gasteiger partial charge in [-0.05, 0) is 42.9 Å². The van der Waals surface area contributed by atoms with Gasteiger partial charge in [0.15, 0.2) is 0 Å². The summed E-state index contributed by atoms with van der Waals surface area (Å²) in [5.74, 6) is 1.49. The first-order valence-electron chi connectivity index (χ1n) is 4.31. The topological polar surface area (TPSA) is 20.2 Å². The second-order valence-corrected chi connectivity index (χ2v) is 4.70. The number of rotatable bonds is 5. The Balaban J connectivity index is 2.25. The van der Waals surface area contributed by atoms with Gasteiger partial charge in [-0.25, -0.2) is 0 Å². The molecule has 0 bridgehead atoms. The van der Waals surface area contributed by atoms with Gasteiger partial charge in [0.25, 0.3) is 0 Å². The number of halogens is 1. The number of thioether (sulfide) groups is 1. The fourth-order valence-electron chi connectivity index (χ4n) is 0.929. The third kappa shape index (κ3) is 4.58. The Morgan fingerprint density at radius 2 is 1.85 bits per heavy atom. The standard InChI is InChI=1S/C10H13BrOS/c11-7-1-2-8-13-10-5-3-9(12)4-6-10/h3-6,12H,1-2,7-8H2. The van der Waals surface area contributed by atoms with E-state index in [0.717, 1.165) is 11.1 Å². The number of unbranched alkanes of at least 4 members (excludes halogenated alkanes) is 1. The zero-order chi connectivity index (χ0) is 9.52. The van der Waals surface area contributed by atoms with Crippen LogP contribution in [0, 0.1) is 0 Å². The summed E-state index contributed by atoms with van der Waals surface area (Å²) in [5, 5.41) is 10.1. The minimum absolute atomic E-state index is 0.338. The van der Waals surface area contributed by atoms with E-state index in [1.807, 2.05) is 23.9 Å². The van der Waals surface area contributed by atoms with Crippen LogP contribution >= 0.6 is 27.7 Å². The van der Waals surface area contributed by atoms with E-state index in [2.05, 4.69) is 15.9 Å². The molecule has 3 heteroatoms. The maximum atomic E-state index is 9.05. The van der Waals surface area contributed by atoms with E-state index in [9.17, 15) is 0 Å². The fourth-order valence-corrected chi connectivity index (χ4v) is 2.24. The van der Waals surface area contributed by atoms with Crippen molar-refractivity contribution in [2.45, 2.75) is 17.7 Å². The van der Waals surface area contributed by atoms with E-state index >= 15 is 0 Å². The second kappa shape index (κ2) is 6.33. The molecule has 0 spiro atoms. The highest BCUT2D eigenvalue weighted by Crippen LogP contribution is 2.21. The maximum absolute atomic E-state index is 9.05. The van der Waals surface area contributed by atoms with Crippen LogP contribution in [-0.2, 0) is 0 Å². The third-order valence-electron chi connectivity index (χ3n) is 1.63. The Kier molecular flexibility index (Phi) is 5.32. The summed E-state index contributed by atoms with van der Waals surface area (Å²) >= 11 is 5.24. The summed E-state index contributed by atoms with van der Waals surface area (Å²) in [6.07, 6.45) is 2.46. The molecular formula is C10H13BrOS. The Bertz CT molecular complexity index is 235. The quantitative estimate of drug-likeness (QED) is 0.496. The van der Waals surface area contributed by atoms with Gasteiger partial charge in [-0.3, -0.25) is 0 Å². The Labute approximate surface area is 91.7 Å². The Hall–Kier alpha value is -0.150. The first-order chi connectivity index (χ1) is 6.33. The van der Waals surface area contributed by atoms with Gasteiger partial charge in [0.05, 0.1) is 0 Å². The number of alkyl halides is 1. The highest BCUT2D eigenvalue weighted by molar-refractivity contribution is 9.09. The minimum atomic E-state index is 0.338. The van der Waals surface area contributed by atoms with Crippen molar-refractivity contribution in [2.75, 3.05) is 11.1 Å². The maximum Gasteiger partial charge on any atom is 0.115 e. The summed E-state index contributed by atoms with van der Waals surface area (Å²) < 4.78 is 0. The van der Waals surface area contributed by atoms with E-state index < -0.39 is 0 Å². The lowest BCUT2D eigenvalue weighted by Gasteiger charge is -2.00. The van der Waals surface area contributed by atoms with Crippen LogP contribution < -0.4 is 0 Å². The van der Waals surface area contributed by atoms with Crippen molar-refractivity contribution in [3.63, 3.8) is 0 Å². The smallest absolute Gasteiger partial charge is 0.115 e. The molecule has 0 fully saturated rings. The van der Waals surface area contributed by atoms with E-state index in [-0.39, 0.29) is 0 Å². The Morgan fingerprint density at radius 3 is 2.46 bits per heavy atom. The number of hydrogen-bond acceptors (Lipinski definition) is 2. The molecule has 0 aliphatic rings. The highest BCUT2D eigenvalue weighted by Gasteiger charge is 1.93. The number of benzene rings is 1. The van der Waals surface area contributed by atoms with E-state index in [4.69, 9.17) is 5.11 Å². The largest absolute Gasteiger partial charge is 0.508 e. The first-order valence-corrected chi connectivity index (χ1v) is 6.41. The molecule has 1 N–H and O–H groups in total. The van der Waals surface area contributed by atoms with Crippen LogP contribution in [0.1, 0.15) is 12.8 Å². The summed E-state index contributed by atoms with van der Waals surface area (Å²) in [4.78, 5) is 1.23. The van der Waals surface area contributed by atoms with Crippen LogP contribution in [0.15, 0.2) is 29.2 Å². The predicted molar refractivity (Wildman–Crippen MR) is 61.9 cm³/mol. The van der Waals surface area contributed by atoms with Crippen LogP contribution in [0.2, 0.25) is 0 Å². The van der Waals surface area contributed by atoms with Crippen molar-refractivity contribution in [1.82, 2.24) is 0 Å². The summed E-state index contributed by atoms with van der Waals surface area (Å²) in [6, 6.07) is 7.36. The number of phenolic OH excluding ortho intramolecular Hbond substituents is 1. The minimum Gasteiger partial charge on any atom is -0.508 e. The van der Waals surface area contributed by atoms with Gasteiger partial charge in [0.2, 0.25) is 0 Å². The monoisotopic (exact) mass is 260 g/mol. The lowest BCUT2D eigenvalue weighted by molar-refractivity contribution is 0.475. The van der Waals surface area contributed by atoms with Crippen LogP contribution in [0.4, 0.5) is 0 Å². The summed E-state index contributed by atoms with van der Waals surface area (Å²) in [7, 11) is 0. The van der Waals surface area contributed by atoms with Crippen LogP contribution in [0.3, 0.4) is 0 Å². The van der Waals surface area contributed by atoms with Gasteiger partial charge < -0.3 is 5.11 Å². The molecule has 0 radical (unpaired) electrons. The lowest BCUT2D eigenvalue weighted by atomic mass is 10.3. The van der Waals surface area contributed by atoms with Gasteiger partial charge in [0.1, 0.15) is 5.75 Å². The van der Waals surface area contributed by atoms with E-state index in [1.165, 1.54) is 17.7 Å². The lowest BCUT2D eigenvalue weighted by Crippen LogP contribution is -1.81. The second-order valence-electron chi connectivity index (χ2n) is 2.74. The summed E-state index contributed by atoms with van der Waals surface area (Å²) in [5.41, 5.74) is 0. The van der Waals surface area contributed by atoms with Crippen molar-refractivity contribution in [1.29, 1.82) is 0 Å². The third-order valence-corrected chi connectivity index (χ3v) is 3.29. The normalized spacial score (nSPS) is 10.2. The predicted octanol–water partition coefficient (Wildman–Crippen LogP) is 3.66. The SMILES string of the molecule is Oc1ccc(SCCCCBr)cc1. The molecule has 0 aliphatic heterocycles. The van der Waals surface area contributed by atoms with Crippen molar-refractivity contribution in [2.24, 2.45) is 0 Å². The van der Waals surface area contributed by atoms with Crippen LogP contribution in [-0.4, -0.2) is 16.2 Å². The van der Waals surface area contributed by atoms with Gasteiger partial charge in [-0.1, -0.05) is 15.9 Å². The number of hydrogen-bond donors (Lipinski definition) is 1. The van der Waals surface area contributed by atoms with Crippen molar-refractivity contribution in [3.05, 3.63) is 24.3 Å². The van der Waals surface area contributed by atoms with Crippen LogP contribution in [0.25, 0.3) is 0 Å². The molecule has 0 aliphatic carbocycles. The molecule has 0 saturated carbocycles. The first kappa shape index (κ1) is 10.9. The zero-order valence-corrected chi connectivity index (χ0v) is 9.77. The van der Waals surface area contributed by atoms with Gasteiger partial charge in [0, 0.05) is 10.2 Å².